The Hall–Kier alpha value is -1.73. The number of piperazine rings is 1. The van der Waals surface area contributed by atoms with E-state index >= 15 is 0 Å². The van der Waals surface area contributed by atoms with Crippen LogP contribution >= 0.6 is 24.0 Å². The highest BCUT2D eigenvalue weighted by Crippen LogP contribution is 2.28. The minimum absolute atomic E-state index is 0. The van der Waals surface area contributed by atoms with Gasteiger partial charge in [0.05, 0.1) is 12.2 Å². The van der Waals surface area contributed by atoms with Gasteiger partial charge in [-0.1, -0.05) is 29.8 Å². The highest BCUT2D eigenvalue weighted by atomic mass is 35.5. The van der Waals surface area contributed by atoms with Gasteiger partial charge in [-0.15, -0.1) is 12.4 Å². The zero-order chi connectivity index (χ0) is 17.8. The summed E-state index contributed by atoms with van der Waals surface area (Å²) < 4.78 is 26.6. The first-order valence-electron chi connectivity index (χ1n) is 7.98. The molecule has 8 heteroatoms. The van der Waals surface area contributed by atoms with Gasteiger partial charge < -0.3 is 10.6 Å². The number of carbonyl (C=O) groups is 1. The van der Waals surface area contributed by atoms with Gasteiger partial charge in [-0.05, 0) is 23.8 Å². The zero-order valence-electron chi connectivity index (χ0n) is 13.8. The van der Waals surface area contributed by atoms with E-state index in [-0.39, 0.29) is 36.6 Å². The Bertz CT molecular complexity index is 776. The van der Waals surface area contributed by atoms with Gasteiger partial charge >= 0.3 is 0 Å². The predicted octanol–water partition coefficient (Wildman–Crippen LogP) is 3.63. The van der Waals surface area contributed by atoms with Crippen molar-refractivity contribution < 1.29 is 13.6 Å². The quantitative estimate of drug-likeness (QED) is 0.821. The minimum atomic E-state index is -0.795. The molecule has 3 rings (SSSR count). The number of nitrogens with zero attached hydrogens (tertiary/aromatic N) is 1. The molecule has 0 spiro atoms. The molecular weight excluding hydrogens is 383 g/mol. The second kappa shape index (κ2) is 9.28. The Morgan fingerprint density at radius 3 is 2.77 bits per heavy atom. The van der Waals surface area contributed by atoms with E-state index < -0.39 is 11.6 Å². The molecule has 4 nitrogen and oxygen atoms in total. The van der Waals surface area contributed by atoms with Crippen LogP contribution in [0, 0.1) is 11.6 Å². The molecular formula is C18H19Cl2F2N3O. The SMILES string of the molecule is Cl.O=C(CN1CCNCC1c1ccccc1Cl)Nc1ccc(F)cc1F. The third-order valence-corrected chi connectivity index (χ3v) is 4.51. The number of carbonyl (C=O) groups excluding carboxylic acids is 1. The summed E-state index contributed by atoms with van der Waals surface area (Å²) in [6, 6.07) is 10.5. The number of anilines is 1. The molecule has 0 bridgehead atoms. The van der Waals surface area contributed by atoms with Crippen molar-refractivity contribution in [1.29, 1.82) is 0 Å². The van der Waals surface area contributed by atoms with Gasteiger partial charge in [0.2, 0.25) is 5.91 Å². The first-order chi connectivity index (χ1) is 12.0. The number of rotatable bonds is 4. The maximum Gasteiger partial charge on any atom is 0.238 e. The summed E-state index contributed by atoms with van der Waals surface area (Å²) in [5, 5.41) is 6.44. The van der Waals surface area contributed by atoms with E-state index in [0.717, 1.165) is 24.2 Å². The van der Waals surface area contributed by atoms with Crippen molar-refractivity contribution >= 4 is 35.6 Å². The van der Waals surface area contributed by atoms with Crippen LogP contribution < -0.4 is 10.6 Å². The minimum Gasteiger partial charge on any atom is -0.322 e. The van der Waals surface area contributed by atoms with E-state index in [0.29, 0.717) is 18.1 Å². The first kappa shape index (κ1) is 20.6. The Morgan fingerprint density at radius 2 is 2.04 bits per heavy atom. The van der Waals surface area contributed by atoms with E-state index in [4.69, 9.17) is 11.6 Å². The molecule has 0 aromatic heterocycles. The maximum atomic E-state index is 13.7. The third-order valence-electron chi connectivity index (χ3n) is 4.17. The highest BCUT2D eigenvalue weighted by Gasteiger charge is 2.27. The fourth-order valence-electron chi connectivity index (χ4n) is 2.95. The van der Waals surface area contributed by atoms with Gasteiger partial charge in [-0.2, -0.15) is 0 Å². The number of nitrogens with one attached hydrogen (secondary N) is 2. The van der Waals surface area contributed by atoms with Crippen molar-refractivity contribution in [3.63, 3.8) is 0 Å². The van der Waals surface area contributed by atoms with Gasteiger partial charge in [0.15, 0.2) is 0 Å². The largest absolute Gasteiger partial charge is 0.322 e. The van der Waals surface area contributed by atoms with Crippen LogP contribution in [-0.4, -0.2) is 37.0 Å². The van der Waals surface area contributed by atoms with Crippen molar-refractivity contribution in [3.8, 4) is 0 Å². The normalized spacial score (nSPS) is 17.4. The van der Waals surface area contributed by atoms with E-state index in [2.05, 4.69) is 10.6 Å². The number of hydrogen-bond donors (Lipinski definition) is 2. The molecule has 1 saturated heterocycles. The smallest absolute Gasteiger partial charge is 0.238 e. The Balaban J connectivity index is 0.00000243. The lowest BCUT2D eigenvalue weighted by molar-refractivity contribution is -0.118. The maximum absolute atomic E-state index is 13.7. The van der Waals surface area contributed by atoms with Crippen LogP contribution in [0.2, 0.25) is 5.02 Å². The molecule has 2 aromatic rings. The van der Waals surface area contributed by atoms with Crippen LogP contribution in [0.1, 0.15) is 11.6 Å². The third kappa shape index (κ3) is 4.92. The molecule has 140 valence electrons. The second-order valence-corrected chi connectivity index (χ2v) is 6.29. The monoisotopic (exact) mass is 401 g/mol. The molecule has 2 aromatic carbocycles. The van der Waals surface area contributed by atoms with E-state index in [1.807, 2.05) is 29.2 Å². The topological polar surface area (TPSA) is 44.4 Å². The first-order valence-corrected chi connectivity index (χ1v) is 8.36. The molecule has 1 fully saturated rings. The predicted molar refractivity (Wildman–Crippen MR) is 101 cm³/mol. The van der Waals surface area contributed by atoms with Crippen LogP contribution in [-0.2, 0) is 4.79 Å². The zero-order valence-corrected chi connectivity index (χ0v) is 15.4. The number of amides is 1. The molecule has 0 radical (unpaired) electrons. The molecule has 0 aliphatic carbocycles. The average molecular weight is 402 g/mol. The molecule has 1 aliphatic heterocycles. The molecule has 1 heterocycles. The van der Waals surface area contributed by atoms with Crippen LogP contribution in [0.15, 0.2) is 42.5 Å². The van der Waals surface area contributed by atoms with E-state index in [9.17, 15) is 13.6 Å². The molecule has 26 heavy (non-hydrogen) atoms. The molecule has 0 saturated carbocycles. The summed E-state index contributed by atoms with van der Waals surface area (Å²) in [5.41, 5.74) is 0.910. The van der Waals surface area contributed by atoms with Crippen LogP contribution in [0.3, 0.4) is 0 Å². The van der Waals surface area contributed by atoms with Crippen molar-refractivity contribution in [2.24, 2.45) is 0 Å². The Kier molecular flexibility index (Phi) is 7.34. The Morgan fingerprint density at radius 1 is 1.27 bits per heavy atom. The van der Waals surface area contributed by atoms with Crippen LogP contribution in [0.5, 0.6) is 0 Å². The molecule has 1 aliphatic rings. The van der Waals surface area contributed by atoms with Crippen LogP contribution in [0.25, 0.3) is 0 Å². The lowest BCUT2D eigenvalue weighted by Gasteiger charge is -2.36. The lowest BCUT2D eigenvalue weighted by Crippen LogP contribution is -2.48. The summed E-state index contributed by atoms with van der Waals surface area (Å²) in [5.74, 6) is -1.84. The van der Waals surface area contributed by atoms with Gasteiger partial charge in [0.1, 0.15) is 11.6 Å². The van der Waals surface area contributed by atoms with Crippen molar-refractivity contribution in [2.45, 2.75) is 6.04 Å². The van der Waals surface area contributed by atoms with Crippen molar-refractivity contribution in [3.05, 3.63) is 64.7 Å². The summed E-state index contributed by atoms with van der Waals surface area (Å²) >= 11 is 6.28. The van der Waals surface area contributed by atoms with Gasteiger partial charge in [0, 0.05) is 36.8 Å². The summed E-state index contributed by atoms with van der Waals surface area (Å²) in [6.45, 7) is 2.17. The van der Waals surface area contributed by atoms with Gasteiger partial charge in [0.25, 0.3) is 0 Å². The summed E-state index contributed by atoms with van der Waals surface area (Å²) in [7, 11) is 0. The average Bonchev–Trinajstić information content (AvgIpc) is 2.59. The number of halogens is 4. The molecule has 1 amide bonds. The number of hydrogen-bond acceptors (Lipinski definition) is 3. The van der Waals surface area contributed by atoms with Crippen molar-refractivity contribution in [1.82, 2.24) is 10.2 Å². The highest BCUT2D eigenvalue weighted by molar-refractivity contribution is 6.31. The summed E-state index contributed by atoms with van der Waals surface area (Å²) in [6.07, 6.45) is 0. The lowest BCUT2D eigenvalue weighted by atomic mass is 10.0. The van der Waals surface area contributed by atoms with Crippen LogP contribution in [0.4, 0.5) is 14.5 Å². The molecule has 2 N–H and O–H groups in total. The van der Waals surface area contributed by atoms with Gasteiger partial charge in [-0.3, -0.25) is 9.69 Å². The Labute approximate surface area is 161 Å². The summed E-state index contributed by atoms with van der Waals surface area (Å²) in [4.78, 5) is 14.3. The van der Waals surface area contributed by atoms with Gasteiger partial charge in [-0.25, -0.2) is 8.78 Å². The molecule has 1 unspecified atom stereocenters. The standard InChI is InChI=1S/C18H18ClF2N3O.ClH/c19-14-4-2-1-3-13(14)17-10-22-7-8-24(17)11-18(25)23-16-6-5-12(20)9-15(16)21;/h1-6,9,17,22H,7-8,10-11H2,(H,23,25);1H. The van der Waals surface area contributed by atoms with E-state index in [1.54, 1.807) is 0 Å². The number of benzene rings is 2. The second-order valence-electron chi connectivity index (χ2n) is 5.88. The van der Waals surface area contributed by atoms with E-state index in [1.165, 1.54) is 6.07 Å². The van der Waals surface area contributed by atoms with Crippen molar-refractivity contribution in [2.75, 3.05) is 31.5 Å². The fourth-order valence-corrected chi connectivity index (χ4v) is 3.21. The molecule has 1 atom stereocenters. The fraction of sp³-hybridized carbons (Fsp3) is 0.278.